The molecular formula is C28H27F2N7OS. The first-order valence-corrected chi connectivity index (χ1v) is 14.0. The SMILES string of the molecule is Cc1ccc(Cc2ccn3c(C(F)F)nnc3c2C)cc1CN1C[C@@H]2CCCN2c2ncc(C#N)cc2[S+]1[O-]. The summed E-state index contributed by atoms with van der Waals surface area (Å²) >= 11 is -1.47. The second-order valence-electron chi connectivity index (χ2n) is 10.2. The van der Waals surface area contributed by atoms with E-state index in [1.807, 2.05) is 24.2 Å². The average molecular weight is 548 g/mol. The third-order valence-electron chi connectivity index (χ3n) is 7.76. The molecule has 0 bridgehead atoms. The number of halogens is 2. The average Bonchev–Trinajstić information content (AvgIpc) is 3.56. The van der Waals surface area contributed by atoms with Crippen LogP contribution < -0.4 is 4.90 Å². The van der Waals surface area contributed by atoms with Crippen LogP contribution >= 0.6 is 0 Å². The molecule has 11 heteroatoms. The van der Waals surface area contributed by atoms with Crippen LogP contribution in [0.15, 0.2) is 47.6 Å². The number of hydrogen-bond donors (Lipinski definition) is 0. The molecule has 39 heavy (non-hydrogen) atoms. The maximum Gasteiger partial charge on any atom is 0.297 e. The van der Waals surface area contributed by atoms with Crippen molar-refractivity contribution in [3.05, 3.63) is 81.9 Å². The minimum absolute atomic E-state index is 0.217. The van der Waals surface area contributed by atoms with Crippen molar-refractivity contribution >= 4 is 22.8 Å². The molecule has 200 valence electrons. The molecule has 4 aromatic rings. The zero-order chi connectivity index (χ0) is 27.3. The number of anilines is 1. The van der Waals surface area contributed by atoms with Crippen LogP contribution in [-0.2, 0) is 24.3 Å². The Balaban J connectivity index is 1.29. The molecule has 1 saturated heterocycles. The maximum atomic E-state index is 13.8. The topological polar surface area (TPSA) is 96.4 Å². The lowest BCUT2D eigenvalue weighted by atomic mass is 9.98. The molecule has 3 aromatic heterocycles. The predicted octanol–water partition coefficient (Wildman–Crippen LogP) is 4.65. The van der Waals surface area contributed by atoms with Crippen molar-refractivity contribution in [2.75, 3.05) is 18.0 Å². The first-order valence-electron chi connectivity index (χ1n) is 12.9. The summed E-state index contributed by atoms with van der Waals surface area (Å²) in [5.74, 6) is 0.361. The second kappa shape index (κ2) is 10.2. The van der Waals surface area contributed by atoms with E-state index in [2.05, 4.69) is 44.3 Å². The van der Waals surface area contributed by atoms with Crippen LogP contribution in [0.2, 0.25) is 0 Å². The highest BCUT2D eigenvalue weighted by Gasteiger charge is 2.40. The Morgan fingerprint density at radius 3 is 2.82 bits per heavy atom. The van der Waals surface area contributed by atoms with Gasteiger partial charge in [-0.3, -0.25) is 4.40 Å². The van der Waals surface area contributed by atoms with Crippen molar-refractivity contribution in [2.24, 2.45) is 0 Å². The van der Waals surface area contributed by atoms with Gasteiger partial charge in [0, 0.05) is 31.0 Å². The molecule has 1 fully saturated rings. The quantitative estimate of drug-likeness (QED) is 0.336. The summed E-state index contributed by atoms with van der Waals surface area (Å²) in [6.07, 6.45) is 3.12. The standard InChI is InChI=1S/C28H27F2N7OS/c1-17-5-6-19(10-21-7-9-37-26(18(21)2)33-34-28(37)25(29)30)11-22(17)15-35-16-23-4-3-8-36(23)27-24(39(35)38)12-20(13-31)14-32-27/h5-7,9,11-12,14,23,25H,3-4,8,10,15-16H2,1-2H3/t23-,39?/m0/s1. The summed E-state index contributed by atoms with van der Waals surface area (Å²) in [6.45, 7) is 5.92. The molecule has 0 aliphatic carbocycles. The third-order valence-corrected chi connectivity index (χ3v) is 9.19. The Hall–Kier alpha value is -3.59. The molecule has 8 nitrogen and oxygen atoms in total. The maximum absolute atomic E-state index is 13.8. The van der Waals surface area contributed by atoms with Gasteiger partial charge in [0.2, 0.25) is 10.7 Å². The van der Waals surface area contributed by atoms with Crippen molar-refractivity contribution in [1.29, 1.82) is 5.26 Å². The van der Waals surface area contributed by atoms with E-state index < -0.39 is 17.8 Å². The van der Waals surface area contributed by atoms with Gasteiger partial charge < -0.3 is 9.45 Å². The van der Waals surface area contributed by atoms with Gasteiger partial charge in [-0.15, -0.1) is 14.5 Å². The minimum Gasteiger partial charge on any atom is -0.593 e. The predicted molar refractivity (Wildman–Crippen MR) is 143 cm³/mol. The van der Waals surface area contributed by atoms with Gasteiger partial charge in [-0.1, -0.05) is 18.2 Å². The lowest BCUT2D eigenvalue weighted by molar-refractivity contribution is 0.139. The van der Waals surface area contributed by atoms with E-state index in [0.717, 1.165) is 53.0 Å². The molecule has 0 spiro atoms. The van der Waals surface area contributed by atoms with Crippen LogP contribution in [0.1, 0.15) is 58.5 Å². The van der Waals surface area contributed by atoms with E-state index in [1.54, 1.807) is 18.5 Å². The van der Waals surface area contributed by atoms with E-state index in [-0.39, 0.29) is 11.9 Å². The molecule has 0 saturated carbocycles. The van der Waals surface area contributed by atoms with Gasteiger partial charge in [0.1, 0.15) is 6.07 Å². The fourth-order valence-corrected chi connectivity index (χ4v) is 7.00. The second-order valence-corrected chi connectivity index (χ2v) is 11.6. The number of aromatic nitrogens is 4. The molecule has 2 atom stereocenters. The zero-order valence-electron chi connectivity index (χ0n) is 21.6. The zero-order valence-corrected chi connectivity index (χ0v) is 22.5. The number of benzene rings is 1. The molecule has 6 rings (SSSR count). The number of pyridine rings is 2. The largest absolute Gasteiger partial charge is 0.593 e. The first-order chi connectivity index (χ1) is 18.8. The van der Waals surface area contributed by atoms with Gasteiger partial charge in [0.15, 0.2) is 11.5 Å². The van der Waals surface area contributed by atoms with Crippen LogP contribution in [0.5, 0.6) is 0 Å². The lowest BCUT2D eigenvalue weighted by Gasteiger charge is -2.25. The number of nitrogens with zero attached hydrogens (tertiary/aromatic N) is 7. The monoisotopic (exact) mass is 547 g/mol. The molecule has 2 aliphatic heterocycles. The highest BCUT2D eigenvalue weighted by molar-refractivity contribution is 7.89. The van der Waals surface area contributed by atoms with Crippen molar-refractivity contribution in [3.63, 3.8) is 0 Å². The molecular weight excluding hydrogens is 520 g/mol. The van der Waals surface area contributed by atoms with Gasteiger partial charge in [-0.25, -0.2) is 13.8 Å². The Bertz CT molecular complexity index is 1600. The Morgan fingerprint density at radius 1 is 1.18 bits per heavy atom. The van der Waals surface area contributed by atoms with Crippen molar-refractivity contribution in [2.45, 2.75) is 57.0 Å². The van der Waals surface area contributed by atoms with Crippen LogP contribution in [0.3, 0.4) is 0 Å². The summed E-state index contributed by atoms with van der Waals surface area (Å²) in [7, 11) is 0. The van der Waals surface area contributed by atoms with Crippen LogP contribution in [-0.4, -0.2) is 47.6 Å². The number of fused-ring (bicyclic) bond motifs is 4. The fourth-order valence-electron chi connectivity index (χ4n) is 5.61. The van der Waals surface area contributed by atoms with Gasteiger partial charge in [-0.05, 0) is 67.0 Å². The van der Waals surface area contributed by atoms with Gasteiger partial charge in [0.25, 0.3) is 6.43 Å². The summed E-state index contributed by atoms with van der Waals surface area (Å²) < 4.78 is 43.7. The normalized spacial score (nSPS) is 19.3. The minimum atomic E-state index is -2.69. The Kier molecular flexibility index (Phi) is 6.71. The van der Waals surface area contributed by atoms with Gasteiger partial charge in [-0.2, -0.15) is 5.26 Å². The van der Waals surface area contributed by atoms with Crippen molar-refractivity contribution in [1.82, 2.24) is 23.9 Å². The molecule has 5 heterocycles. The summed E-state index contributed by atoms with van der Waals surface area (Å²) in [6, 6.07) is 12.1. The number of nitriles is 1. The van der Waals surface area contributed by atoms with Gasteiger partial charge in [0.05, 0.1) is 30.0 Å². The molecule has 2 aliphatic rings. The highest BCUT2D eigenvalue weighted by atomic mass is 32.2. The molecule has 1 unspecified atom stereocenters. The van der Waals surface area contributed by atoms with Crippen molar-refractivity contribution in [3.8, 4) is 6.07 Å². The molecule has 0 N–H and O–H groups in total. The Labute approximate surface area is 228 Å². The molecule has 0 radical (unpaired) electrons. The highest BCUT2D eigenvalue weighted by Crippen LogP contribution is 2.37. The lowest BCUT2D eigenvalue weighted by Crippen LogP contribution is -2.39. The van der Waals surface area contributed by atoms with Crippen LogP contribution in [0.25, 0.3) is 5.65 Å². The van der Waals surface area contributed by atoms with E-state index in [4.69, 9.17) is 0 Å². The summed E-state index contributed by atoms with van der Waals surface area (Å²) in [4.78, 5) is 7.36. The number of alkyl halides is 2. The van der Waals surface area contributed by atoms with E-state index >= 15 is 0 Å². The van der Waals surface area contributed by atoms with E-state index in [1.165, 1.54) is 4.40 Å². The third kappa shape index (κ3) is 4.62. The smallest absolute Gasteiger partial charge is 0.297 e. The number of rotatable bonds is 5. The summed E-state index contributed by atoms with van der Waals surface area (Å²) in [5.41, 5.74) is 5.85. The number of hydrogen-bond acceptors (Lipinski definition) is 7. The molecule has 1 aromatic carbocycles. The van der Waals surface area contributed by atoms with E-state index in [9.17, 15) is 18.6 Å². The number of aryl methyl sites for hydroxylation is 2. The first kappa shape index (κ1) is 25.7. The van der Waals surface area contributed by atoms with Crippen LogP contribution in [0.4, 0.5) is 14.6 Å². The molecule has 0 amide bonds. The fraction of sp³-hybridized carbons (Fsp3) is 0.357. The van der Waals surface area contributed by atoms with Crippen LogP contribution in [0, 0.1) is 25.2 Å². The summed E-state index contributed by atoms with van der Waals surface area (Å²) in [5, 5.41) is 17.1. The van der Waals surface area contributed by atoms with Crippen molar-refractivity contribution < 1.29 is 13.3 Å². The van der Waals surface area contributed by atoms with E-state index in [0.29, 0.717) is 35.6 Å². The Morgan fingerprint density at radius 2 is 2.03 bits per heavy atom. The van der Waals surface area contributed by atoms with Gasteiger partial charge >= 0.3 is 0 Å².